The van der Waals surface area contributed by atoms with Gasteiger partial charge in [-0.05, 0) is 36.4 Å². The van der Waals surface area contributed by atoms with Crippen LogP contribution in [-0.4, -0.2) is 76.2 Å². The smallest absolute Gasteiger partial charge is 0.236 e. The van der Waals surface area contributed by atoms with Crippen LogP contribution in [0.2, 0.25) is 0 Å². The van der Waals surface area contributed by atoms with Crippen LogP contribution in [0.4, 0.5) is 11.4 Å². The number of hydrogen-bond donors (Lipinski definition) is 0. The molecule has 1 aliphatic heterocycles. The summed E-state index contributed by atoms with van der Waals surface area (Å²) in [5, 5.41) is 0. The average Bonchev–Trinajstić information content (AvgIpc) is 2.79. The summed E-state index contributed by atoms with van der Waals surface area (Å²) in [5.74, 6) is 1.09. The van der Waals surface area contributed by atoms with Gasteiger partial charge in [0.05, 0.1) is 19.3 Å². The third kappa shape index (κ3) is 5.45. The summed E-state index contributed by atoms with van der Waals surface area (Å²) in [6, 6.07) is 16.6. The Labute approximate surface area is 180 Å². The molecule has 0 aromatic heterocycles. The van der Waals surface area contributed by atoms with Crippen LogP contribution in [0.1, 0.15) is 12.5 Å². The van der Waals surface area contributed by atoms with Crippen LogP contribution in [0, 0.1) is 0 Å². The molecule has 1 saturated heterocycles. The monoisotopic (exact) mass is 410 g/mol. The van der Waals surface area contributed by atoms with Gasteiger partial charge in [-0.1, -0.05) is 31.2 Å². The molecule has 0 atom stereocenters. The van der Waals surface area contributed by atoms with Crippen LogP contribution in [0.15, 0.2) is 48.5 Å². The zero-order valence-corrected chi connectivity index (χ0v) is 18.7. The van der Waals surface area contributed by atoms with Crippen LogP contribution >= 0.6 is 0 Å². The first kappa shape index (κ1) is 22.0. The lowest BCUT2D eigenvalue weighted by molar-refractivity contribution is -0.132. The highest BCUT2D eigenvalue weighted by atomic mass is 16.5. The number of anilines is 2. The van der Waals surface area contributed by atoms with E-state index in [1.165, 1.54) is 11.3 Å². The molecule has 0 spiro atoms. The molecule has 0 N–H and O–H groups in total. The van der Waals surface area contributed by atoms with E-state index in [1.54, 1.807) is 7.11 Å². The number of ether oxygens (including phenoxy) is 1. The molecular formula is C24H34N4O2. The van der Waals surface area contributed by atoms with Crippen molar-refractivity contribution in [1.82, 2.24) is 9.80 Å². The maximum absolute atomic E-state index is 12.9. The number of likely N-dealkylation sites (N-methyl/N-ethyl adjacent to an activating group) is 1. The molecule has 2 aromatic rings. The normalized spacial score (nSPS) is 14.2. The number of carbonyl (C=O) groups is 1. The van der Waals surface area contributed by atoms with Crippen molar-refractivity contribution in [2.24, 2.45) is 0 Å². The topological polar surface area (TPSA) is 39.3 Å². The largest absolute Gasteiger partial charge is 0.495 e. The minimum atomic E-state index is 0.210. The average molecular weight is 411 g/mol. The fraction of sp³-hybridized carbons (Fsp3) is 0.458. The van der Waals surface area contributed by atoms with E-state index in [1.807, 2.05) is 37.2 Å². The zero-order chi connectivity index (χ0) is 21.5. The van der Waals surface area contributed by atoms with E-state index >= 15 is 0 Å². The molecule has 6 heteroatoms. The molecule has 3 rings (SSSR count). The van der Waals surface area contributed by atoms with Gasteiger partial charge in [-0.3, -0.25) is 9.69 Å². The van der Waals surface area contributed by atoms with Gasteiger partial charge in [0.2, 0.25) is 5.91 Å². The molecule has 30 heavy (non-hydrogen) atoms. The standard InChI is InChI=1S/C24H34N4O2/c1-5-26(18-20-10-12-21(13-11-20)25(2)3)19-24(29)28-16-14-27(15-17-28)22-8-6-7-9-23(22)30-4/h6-13H,5,14-19H2,1-4H3. The number of rotatable bonds is 8. The number of carbonyl (C=O) groups excluding carboxylic acids is 1. The first-order valence-corrected chi connectivity index (χ1v) is 10.7. The van der Waals surface area contributed by atoms with E-state index in [0.717, 1.165) is 50.7 Å². The highest BCUT2D eigenvalue weighted by Crippen LogP contribution is 2.28. The molecule has 2 aromatic carbocycles. The molecule has 0 unspecified atom stereocenters. The molecule has 162 valence electrons. The fourth-order valence-corrected chi connectivity index (χ4v) is 3.82. The quantitative estimate of drug-likeness (QED) is 0.669. The number of nitrogens with zero attached hydrogens (tertiary/aromatic N) is 4. The van der Waals surface area contributed by atoms with E-state index < -0.39 is 0 Å². The van der Waals surface area contributed by atoms with Crippen molar-refractivity contribution < 1.29 is 9.53 Å². The van der Waals surface area contributed by atoms with Crippen molar-refractivity contribution in [2.75, 3.05) is 70.3 Å². The Morgan fingerprint density at radius 1 is 1.00 bits per heavy atom. The molecule has 1 fully saturated rings. The van der Waals surface area contributed by atoms with E-state index in [0.29, 0.717) is 6.54 Å². The lowest BCUT2D eigenvalue weighted by Gasteiger charge is -2.37. The van der Waals surface area contributed by atoms with Gasteiger partial charge in [-0.15, -0.1) is 0 Å². The maximum Gasteiger partial charge on any atom is 0.236 e. The second kappa shape index (κ2) is 10.3. The van der Waals surface area contributed by atoms with Crippen LogP contribution in [-0.2, 0) is 11.3 Å². The summed E-state index contributed by atoms with van der Waals surface area (Å²) in [6.07, 6.45) is 0. The third-order valence-corrected chi connectivity index (χ3v) is 5.72. The van der Waals surface area contributed by atoms with Crippen molar-refractivity contribution in [3.8, 4) is 5.75 Å². The molecule has 1 aliphatic rings. The van der Waals surface area contributed by atoms with Crippen LogP contribution < -0.4 is 14.5 Å². The van der Waals surface area contributed by atoms with E-state index in [-0.39, 0.29) is 5.91 Å². The number of benzene rings is 2. The van der Waals surface area contributed by atoms with Gasteiger partial charge in [0.15, 0.2) is 0 Å². The Bertz CT molecular complexity index is 814. The molecule has 1 heterocycles. The lowest BCUT2D eigenvalue weighted by atomic mass is 10.2. The van der Waals surface area contributed by atoms with E-state index in [2.05, 4.69) is 52.0 Å². The van der Waals surface area contributed by atoms with E-state index in [4.69, 9.17) is 4.74 Å². The number of hydrogen-bond acceptors (Lipinski definition) is 5. The highest BCUT2D eigenvalue weighted by Gasteiger charge is 2.24. The fourth-order valence-electron chi connectivity index (χ4n) is 3.82. The number of para-hydroxylation sites is 2. The second-order valence-electron chi connectivity index (χ2n) is 7.90. The molecule has 6 nitrogen and oxygen atoms in total. The van der Waals surface area contributed by atoms with Gasteiger partial charge in [0.1, 0.15) is 5.75 Å². The van der Waals surface area contributed by atoms with Crippen LogP contribution in [0.3, 0.4) is 0 Å². The minimum Gasteiger partial charge on any atom is -0.495 e. The van der Waals surface area contributed by atoms with Gasteiger partial charge in [0, 0.05) is 52.5 Å². The zero-order valence-electron chi connectivity index (χ0n) is 18.7. The molecule has 0 radical (unpaired) electrons. The summed E-state index contributed by atoms with van der Waals surface area (Å²) in [6.45, 7) is 7.34. The third-order valence-electron chi connectivity index (χ3n) is 5.72. The SMILES string of the molecule is CCN(CC(=O)N1CCN(c2ccccc2OC)CC1)Cc1ccc(N(C)C)cc1. The Morgan fingerprint density at radius 3 is 2.27 bits per heavy atom. The molecule has 1 amide bonds. The van der Waals surface area contributed by atoms with Gasteiger partial charge in [-0.2, -0.15) is 0 Å². The van der Waals surface area contributed by atoms with Crippen molar-refractivity contribution in [2.45, 2.75) is 13.5 Å². The summed E-state index contributed by atoms with van der Waals surface area (Å²) in [4.78, 5) is 21.5. The molecule has 0 bridgehead atoms. The van der Waals surface area contributed by atoms with Crippen LogP contribution in [0.25, 0.3) is 0 Å². The van der Waals surface area contributed by atoms with E-state index in [9.17, 15) is 4.79 Å². The molecular weight excluding hydrogens is 376 g/mol. The number of methoxy groups -OCH3 is 1. The van der Waals surface area contributed by atoms with Gasteiger partial charge >= 0.3 is 0 Å². The van der Waals surface area contributed by atoms with Crippen molar-refractivity contribution in [3.05, 3.63) is 54.1 Å². The Hall–Kier alpha value is -2.73. The highest BCUT2D eigenvalue weighted by molar-refractivity contribution is 5.78. The Morgan fingerprint density at radius 2 is 1.67 bits per heavy atom. The van der Waals surface area contributed by atoms with Crippen molar-refractivity contribution >= 4 is 17.3 Å². The van der Waals surface area contributed by atoms with Crippen molar-refractivity contribution in [3.63, 3.8) is 0 Å². The number of amides is 1. The minimum absolute atomic E-state index is 0.210. The lowest BCUT2D eigenvalue weighted by Crippen LogP contribution is -2.51. The first-order valence-electron chi connectivity index (χ1n) is 10.7. The molecule has 0 saturated carbocycles. The summed E-state index contributed by atoms with van der Waals surface area (Å²) < 4.78 is 5.49. The first-order chi connectivity index (χ1) is 14.5. The Kier molecular flexibility index (Phi) is 7.57. The summed E-state index contributed by atoms with van der Waals surface area (Å²) in [5.41, 5.74) is 3.52. The van der Waals surface area contributed by atoms with Gasteiger partial charge < -0.3 is 19.4 Å². The predicted molar refractivity (Wildman–Crippen MR) is 124 cm³/mol. The van der Waals surface area contributed by atoms with Gasteiger partial charge in [-0.25, -0.2) is 0 Å². The summed E-state index contributed by atoms with van der Waals surface area (Å²) >= 11 is 0. The maximum atomic E-state index is 12.9. The Balaban J connectivity index is 1.52. The van der Waals surface area contributed by atoms with Crippen LogP contribution in [0.5, 0.6) is 5.75 Å². The predicted octanol–water partition coefficient (Wildman–Crippen LogP) is 2.93. The number of piperazine rings is 1. The van der Waals surface area contributed by atoms with Crippen molar-refractivity contribution in [1.29, 1.82) is 0 Å². The van der Waals surface area contributed by atoms with Gasteiger partial charge in [0.25, 0.3) is 0 Å². The summed E-state index contributed by atoms with van der Waals surface area (Å²) in [7, 11) is 5.78. The molecule has 0 aliphatic carbocycles. The second-order valence-corrected chi connectivity index (χ2v) is 7.90.